The zero-order valence-electron chi connectivity index (χ0n) is 11.1. The van der Waals surface area contributed by atoms with Gasteiger partial charge in [0.15, 0.2) is 0 Å². The van der Waals surface area contributed by atoms with Crippen LogP contribution >= 0.6 is 0 Å². The Hall–Kier alpha value is -1.02. The molecule has 2 heteroatoms. The maximum atomic E-state index is 5.52. The van der Waals surface area contributed by atoms with E-state index in [1.807, 2.05) is 0 Å². The predicted octanol–water partition coefficient (Wildman–Crippen LogP) is 3.11. The van der Waals surface area contributed by atoms with Gasteiger partial charge in [0.25, 0.3) is 0 Å². The SMILES string of the molecule is COc1cc(C)ccc1C(C)C1CCNCC1. The number of piperidine rings is 1. The van der Waals surface area contributed by atoms with Gasteiger partial charge in [-0.2, -0.15) is 0 Å². The smallest absolute Gasteiger partial charge is 0.122 e. The second-order valence-electron chi connectivity index (χ2n) is 5.12. The third-order valence-electron chi connectivity index (χ3n) is 3.97. The van der Waals surface area contributed by atoms with E-state index >= 15 is 0 Å². The lowest BCUT2D eigenvalue weighted by molar-refractivity contribution is 0.321. The number of nitrogens with one attached hydrogen (secondary N) is 1. The number of methoxy groups -OCH3 is 1. The van der Waals surface area contributed by atoms with Crippen LogP contribution in [0.15, 0.2) is 18.2 Å². The van der Waals surface area contributed by atoms with Crippen LogP contribution in [0.3, 0.4) is 0 Å². The van der Waals surface area contributed by atoms with Crippen molar-refractivity contribution in [2.45, 2.75) is 32.6 Å². The summed E-state index contributed by atoms with van der Waals surface area (Å²) < 4.78 is 5.52. The van der Waals surface area contributed by atoms with Gasteiger partial charge in [-0.25, -0.2) is 0 Å². The Bertz CT molecular complexity index is 369. The molecule has 1 unspecified atom stereocenters. The molecule has 0 amide bonds. The first-order chi connectivity index (χ1) is 8.22. The van der Waals surface area contributed by atoms with Gasteiger partial charge >= 0.3 is 0 Å². The molecule has 0 spiro atoms. The van der Waals surface area contributed by atoms with Crippen molar-refractivity contribution in [2.75, 3.05) is 20.2 Å². The Morgan fingerprint density at radius 2 is 2.00 bits per heavy atom. The zero-order chi connectivity index (χ0) is 12.3. The Morgan fingerprint density at radius 3 is 2.65 bits per heavy atom. The Labute approximate surface area is 104 Å². The maximum absolute atomic E-state index is 5.52. The number of benzene rings is 1. The minimum atomic E-state index is 0.590. The monoisotopic (exact) mass is 233 g/mol. The molecule has 1 saturated heterocycles. The molecule has 0 aromatic heterocycles. The second-order valence-corrected chi connectivity index (χ2v) is 5.12. The third kappa shape index (κ3) is 2.81. The summed E-state index contributed by atoms with van der Waals surface area (Å²) in [5, 5.41) is 3.43. The number of aryl methyl sites for hydroxylation is 1. The molecule has 1 heterocycles. The van der Waals surface area contributed by atoms with Crippen molar-refractivity contribution < 1.29 is 4.74 Å². The molecular weight excluding hydrogens is 210 g/mol. The molecule has 1 aromatic rings. The molecule has 1 N–H and O–H groups in total. The third-order valence-corrected chi connectivity index (χ3v) is 3.97. The summed E-state index contributed by atoms with van der Waals surface area (Å²) in [4.78, 5) is 0. The van der Waals surface area contributed by atoms with Crippen LogP contribution in [0.1, 0.15) is 36.8 Å². The van der Waals surface area contributed by atoms with E-state index in [-0.39, 0.29) is 0 Å². The summed E-state index contributed by atoms with van der Waals surface area (Å²) in [5.41, 5.74) is 2.63. The highest BCUT2D eigenvalue weighted by Gasteiger charge is 2.23. The summed E-state index contributed by atoms with van der Waals surface area (Å²) in [7, 11) is 1.77. The number of rotatable bonds is 3. The van der Waals surface area contributed by atoms with Crippen LogP contribution in [0.4, 0.5) is 0 Å². The molecule has 0 saturated carbocycles. The molecular formula is C15H23NO. The van der Waals surface area contributed by atoms with Gasteiger partial charge in [0, 0.05) is 0 Å². The highest BCUT2D eigenvalue weighted by Crippen LogP contribution is 2.36. The van der Waals surface area contributed by atoms with Gasteiger partial charge in [-0.1, -0.05) is 19.1 Å². The molecule has 0 radical (unpaired) electrons. The van der Waals surface area contributed by atoms with Gasteiger partial charge in [-0.15, -0.1) is 0 Å². The number of hydrogen-bond acceptors (Lipinski definition) is 2. The van der Waals surface area contributed by atoms with E-state index < -0.39 is 0 Å². The first-order valence-corrected chi connectivity index (χ1v) is 6.57. The average Bonchev–Trinajstić information content (AvgIpc) is 2.39. The summed E-state index contributed by atoms with van der Waals surface area (Å²) in [6, 6.07) is 6.57. The van der Waals surface area contributed by atoms with E-state index in [1.165, 1.54) is 24.0 Å². The quantitative estimate of drug-likeness (QED) is 0.866. The fraction of sp³-hybridized carbons (Fsp3) is 0.600. The van der Waals surface area contributed by atoms with E-state index in [4.69, 9.17) is 4.74 Å². The lowest BCUT2D eigenvalue weighted by Crippen LogP contribution is -2.30. The lowest BCUT2D eigenvalue weighted by atomic mass is 9.81. The lowest BCUT2D eigenvalue weighted by Gasteiger charge is -2.29. The van der Waals surface area contributed by atoms with Crippen molar-refractivity contribution in [3.63, 3.8) is 0 Å². The van der Waals surface area contributed by atoms with Crippen LogP contribution in [-0.4, -0.2) is 20.2 Å². The Balaban J connectivity index is 2.19. The van der Waals surface area contributed by atoms with E-state index in [2.05, 4.69) is 37.4 Å². The minimum absolute atomic E-state index is 0.590. The summed E-state index contributed by atoms with van der Waals surface area (Å²) >= 11 is 0. The van der Waals surface area contributed by atoms with E-state index in [1.54, 1.807) is 7.11 Å². The van der Waals surface area contributed by atoms with Crippen molar-refractivity contribution in [3.05, 3.63) is 29.3 Å². The molecule has 2 rings (SSSR count). The minimum Gasteiger partial charge on any atom is -0.496 e. The highest BCUT2D eigenvalue weighted by molar-refractivity contribution is 5.39. The summed E-state index contributed by atoms with van der Waals surface area (Å²) in [6.45, 7) is 6.76. The van der Waals surface area contributed by atoms with Crippen LogP contribution in [0.2, 0.25) is 0 Å². The highest BCUT2D eigenvalue weighted by atomic mass is 16.5. The van der Waals surface area contributed by atoms with Crippen LogP contribution in [0.25, 0.3) is 0 Å². The first-order valence-electron chi connectivity index (χ1n) is 6.57. The van der Waals surface area contributed by atoms with Crippen LogP contribution in [-0.2, 0) is 0 Å². The predicted molar refractivity (Wildman–Crippen MR) is 71.7 cm³/mol. The van der Waals surface area contributed by atoms with Crippen molar-refractivity contribution in [3.8, 4) is 5.75 Å². The molecule has 1 aromatic carbocycles. The van der Waals surface area contributed by atoms with Gasteiger partial charge in [0.1, 0.15) is 5.75 Å². The number of ether oxygens (including phenoxy) is 1. The van der Waals surface area contributed by atoms with E-state index in [0.717, 1.165) is 24.8 Å². The molecule has 17 heavy (non-hydrogen) atoms. The van der Waals surface area contributed by atoms with Gasteiger partial charge in [-0.05, 0) is 61.9 Å². The van der Waals surface area contributed by atoms with Crippen molar-refractivity contribution >= 4 is 0 Å². The van der Waals surface area contributed by atoms with Crippen LogP contribution < -0.4 is 10.1 Å². The van der Waals surface area contributed by atoms with Gasteiger partial charge < -0.3 is 10.1 Å². The van der Waals surface area contributed by atoms with Crippen molar-refractivity contribution in [1.82, 2.24) is 5.32 Å². The molecule has 2 nitrogen and oxygen atoms in total. The standard InChI is InChI=1S/C15H23NO/c1-11-4-5-14(15(10-11)17-3)12(2)13-6-8-16-9-7-13/h4-5,10,12-13,16H,6-9H2,1-3H3. The first kappa shape index (κ1) is 12.4. The number of hydrogen-bond donors (Lipinski definition) is 1. The van der Waals surface area contributed by atoms with Crippen molar-refractivity contribution in [2.24, 2.45) is 5.92 Å². The topological polar surface area (TPSA) is 21.3 Å². The molecule has 94 valence electrons. The largest absolute Gasteiger partial charge is 0.496 e. The van der Waals surface area contributed by atoms with Crippen LogP contribution in [0.5, 0.6) is 5.75 Å². The molecule has 1 atom stereocenters. The Morgan fingerprint density at radius 1 is 1.29 bits per heavy atom. The summed E-state index contributed by atoms with van der Waals surface area (Å²) in [6.07, 6.45) is 2.55. The van der Waals surface area contributed by atoms with E-state index in [0.29, 0.717) is 5.92 Å². The molecule has 1 aliphatic heterocycles. The van der Waals surface area contributed by atoms with Crippen LogP contribution in [0, 0.1) is 12.8 Å². The Kier molecular flexibility index (Phi) is 4.06. The maximum Gasteiger partial charge on any atom is 0.122 e. The van der Waals surface area contributed by atoms with Gasteiger partial charge in [-0.3, -0.25) is 0 Å². The summed E-state index contributed by atoms with van der Waals surface area (Å²) in [5.74, 6) is 2.43. The zero-order valence-corrected chi connectivity index (χ0v) is 11.1. The van der Waals surface area contributed by atoms with Gasteiger partial charge in [0.2, 0.25) is 0 Å². The second kappa shape index (κ2) is 5.54. The fourth-order valence-electron chi connectivity index (χ4n) is 2.79. The normalized spacial score (nSPS) is 19.0. The van der Waals surface area contributed by atoms with Gasteiger partial charge in [0.05, 0.1) is 7.11 Å². The molecule has 0 aliphatic carbocycles. The average molecular weight is 233 g/mol. The molecule has 1 aliphatic rings. The van der Waals surface area contributed by atoms with E-state index in [9.17, 15) is 0 Å². The fourth-order valence-corrected chi connectivity index (χ4v) is 2.79. The molecule has 1 fully saturated rings. The molecule has 0 bridgehead atoms. The van der Waals surface area contributed by atoms with Crippen molar-refractivity contribution in [1.29, 1.82) is 0 Å².